The van der Waals surface area contributed by atoms with Crippen LogP contribution in [0.3, 0.4) is 0 Å². The zero-order chi connectivity index (χ0) is 12.0. The first-order chi connectivity index (χ1) is 6.58. The van der Waals surface area contributed by atoms with Crippen molar-refractivity contribution < 1.29 is 4.43 Å². The van der Waals surface area contributed by atoms with Gasteiger partial charge in [0.2, 0.25) is 5.43 Å². The maximum absolute atomic E-state index is 11.3. The Morgan fingerprint density at radius 1 is 1.07 bits per heavy atom. The highest BCUT2D eigenvalue weighted by Crippen LogP contribution is 2.37. The zero-order valence-electron chi connectivity index (χ0n) is 10.2. The van der Waals surface area contributed by atoms with Gasteiger partial charge in [-0.25, -0.2) is 0 Å². The van der Waals surface area contributed by atoms with Gasteiger partial charge in [0.05, 0.1) is 0 Å². The molecule has 0 unspecified atom stereocenters. The van der Waals surface area contributed by atoms with Crippen molar-refractivity contribution in [2.75, 3.05) is 0 Å². The monoisotopic (exact) mass is 226 g/mol. The molecular weight excluding hydrogens is 208 g/mol. The van der Waals surface area contributed by atoms with Crippen LogP contribution in [0.5, 0.6) is 5.75 Å². The molecular formula is C11H18O3Si. The van der Waals surface area contributed by atoms with E-state index in [2.05, 4.69) is 33.9 Å². The van der Waals surface area contributed by atoms with Crippen molar-refractivity contribution in [2.45, 2.75) is 45.8 Å². The van der Waals surface area contributed by atoms with Gasteiger partial charge in [-0.05, 0) is 25.1 Å². The van der Waals surface area contributed by atoms with Crippen LogP contribution in [-0.4, -0.2) is 8.32 Å². The topological polar surface area (TPSA) is 43.4 Å². The molecule has 15 heavy (non-hydrogen) atoms. The number of hydrogen-bond donors (Lipinski definition) is 0. The fourth-order valence-corrected chi connectivity index (χ4v) is 2.08. The molecule has 0 radical (unpaired) electrons. The summed E-state index contributed by atoms with van der Waals surface area (Å²) >= 11 is 0. The minimum Gasteiger partial charge on any atom is -0.541 e. The van der Waals surface area contributed by atoms with Gasteiger partial charge in [-0.3, -0.25) is 9.59 Å². The third-order valence-electron chi connectivity index (χ3n) is 3.26. The molecule has 4 heteroatoms. The molecule has 0 atom stereocenters. The van der Waals surface area contributed by atoms with E-state index >= 15 is 0 Å². The van der Waals surface area contributed by atoms with Crippen LogP contribution in [0.1, 0.15) is 26.3 Å². The predicted octanol–water partition coefficient (Wildman–Crippen LogP) is 1.98. The van der Waals surface area contributed by atoms with Gasteiger partial charge in [0.25, 0.3) is 13.7 Å². The minimum absolute atomic E-state index is 0.0409. The Morgan fingerprint density at radius 3 is 1.87 bits per heavy atom. The number of rotatable bonds is 2. The molecule has 0 aromatic heterocycles. The first kappa shape index (κ1) is 12.2. The molecule has 0 saturated heterocycles. The van der Waals surface area contributed by atoms with E-state index in [-0.39, 0.29) is 5.04 Å². The van der Waals surface area contributed by atoms with Crippen LogP contribution < -0.4 is 15.3 Å². The van der Waals surface area contributed by atoms with Gasteiger partial charge >= 0.3 is 0 Å². The quantitative estimate of drug-likeness (QED) is 0.572. The van der Waals surface area contributed by atoms with Crippen molar-refractivity contribution in [3.63, 3.8) is 0 Å². The second-order valence-electron chi connectivity index (χ2n) is 5.47. The molecule has 0 bridgehead atoms. The van der Waals surface area contributed by atoms with E-state index in [0.29, 0.717) is 11.3 Å². The third-order valence-corrected chi connectivity index (χ3v) is 7.58. The van der Waals surface area contributed by atoms with Crippen LogP contribution in [0, 0.1) is 6.92 Å². The Labute approximate surface area is 90.9 Å². The minimum atomic E-state index is -1.98. The summed E-state index contributed by atoms with van der Waals surface area (Å²) in [6.45, 7) is 12.1. The highest BCUT2D eigenvalue weighted by atomic mass is 28.4. The lowest BCUT2D eigenvalue weighted by Crippen LogP contribution is -2.48. The van der Waals surface area contributed by atoms with Gasteiger partial charge in [0, 0.05) is 5.56 Å². The van der Waals surface area contributed by atoms with Crippen LogP contribution in [0.4, 0.5) is 0 Å². The highest BCUT2D eigenvalue weighted by Gasteiger charge is 2.40. The molecule has 1 aromatic rings. The molecule has 1 aromatic carbocycles. The highest BCUT2D eigenvalue weighted by molar-refractivity contribution is 6.74. The maximum Gasteiger partial charge on any atom is 0.266 e. The van der Waals surface area contributed by atoms with Gasteiger partial charge in [-0.1, -0.05) is 20.8 Å². The average molecular weight is 226 g/mol. The van der Waals surface area contributed by atoms with Crippen molar-refractivity contribution in [1.29, 1.82) is 0 Å². The lowest BCUT2D eigenvalue weighted by Gasteiger charge is -2.36. The third kappa shape index (κ3) is 1.90. The lowest BCUT2D eigenvalue weighted by atomic mass is 10.1. The maximum atomic E-state index is 11.3. The van der Waals surface area contributed by atoms with Crippen molar-refractivity contribution in [2.24, 2.45) is 0 Å². The summed E-state index contributed by atoms with van der Waals surface area (Å²) in [5, 5.41) is 0.0409. The molecule has 0 spiro atoms. The predicted molar refractivity (Wildman–Crippen MR) is 63.9 cm³/mol. The fourth-order valence-electron chi connectivity index (χ4n) is 1.02. The lowest BCUT2D eigenvalue weighted by molar-refractivity contribution is 0.479. The van der Waals surface area contributed by atoms with Crippen molar-refractivity contribution in [1.82, 2.24) is 0 Å². The Bertz CT molecular complexity index is 445. The standard InChI is InChI=1S/C11H18O3Si/c1-7-8(12)9(13)10(7)14-15(5,6)11(2,3)4/h1-6H3. The van der Waals surface area contributed by atoms with E-state index in [1.165, 1.54) is 0 Å². The van der Waals surface area contributed by atoms with Gasteiger partial charge in [0.15, 0.2) is 5.75 Å². The SMILES string of the molecule is Cc1c(O[Si](C)(C)C(C)(C)C)c(=O)c1=O. The van der Waals surface area contributed by atoms with Gasteiger partial charge in [0.1, 0.15) is 0 Å². The number of hydrogen-bond acceptors (Lipinski definition) is 3. The first-order valence-corrected chi connectivity index (χ1v) is 7.97. The summed E-state index contributed by atoms with van der Waals surface area (Å²) in [4.78, 5) is 22.3. The molecule has 0 aliphatic rings. The van der Waals surface area contributed by atoms with Crippen LogP contribution in [0.25, 0.3) is 0 Å². The zero-order valence-corrected chi connectivity index (χ0v) is 11.2. The molecule has 1 rings (SSSR count). The summed E-state index contributed by atoms with van der Waals surface area (Å²) in [5.74, 6) is 0.298. The molecule has 0 saturated carbocycles. The Morgan fingerprint density at radius 2 is 1.53 bits per heavy atom. The van der Waals surface area contributed by atoms with E-state index < -0.39 is 19.2 Å². The van der Waals surface area contributed by atoms with Gasteiger partial charge < -0.3 is 4.43 Å². The molecule has 0 fully saturated rings. The molecule has 0 aliphatic carbocycles. The summed E-state index contributed by atoms with van der Waals surface area (Å²) in [5.41, 5.74) is -0.383. The molecule has 84 valence electrons. The average Bonchev–Trinajstić information content (AvgIpc) is 2.10. The molecule has 3 nitrogen and oxygen atoms in total. The van der Waals surface area contributed by atoms with E-state index in [9.17, 15) is 9.59 Å². The van der Waals surface area contributed by atoms with Gasteiger partial charge in [-0.15, -0.1) is 0 Å². The fraction of sp³-hybridized carbons (Fsp3) is 0.636. The Hall–Kier alpha value is -0.903. The summed E-state index contributed by atoms with van der Waals surface area (Å²) < 4.78 is 5.78. The normalized spacial score (nSPS) is 13.2. The van der Waals surface area contributed by atoms with Crippen LogP contribution in [0.15, 0.2) is 9.59 Å². The second kappa shape index (κ2) is 3.30. The Kier molecular flexibility index (Phi) is 2.68. The summed E-state index contributed by atoms with van der Waals surface area (Å²) in [7, 11) is -1.98. The van der Waals surface area contributed by atoms with E-state index in [1.54, 1.807) is 6.92 Å². The van der Waals surface area contributed by atoms with E-state index in [4.69, 9.17) is 4.43 Å². The van der Waals surface area contributed by atoms with Crippen molar-refractivity contribution in [3.05, 3.63) is 26.0 Å². The van der Waals surface area contributed by atoms with Crippen molar-refractivity contribution in [3.8, 4) is 5.75 Å². The first-order valence-electron chi connectivity index (χ1n) is 5.07. The second-order valence-corrected chi connectivity index (χ2v) is 10.2. The van der Waals surface area contributed by atoms with Crippen LogP contribution in [0.2, 0.25) is 18.1 Å². The van der Waals surface area contributed by atoms with E-state index in [1.807, 2.05) is 0 Å². The molecule has 0 aliphatic heterocycles. The summed E-state index contributed by atoms with van der Waals surface area (Å²) in [6, 6.07) is 0. The molecule has 0 heterocycles. The smallest absolute Gasteiger partial charge is 0.266 e. The van der Waals surface area contributed by atoms with Crippen LogP contribution in [-0.2, 0) is 0 Å². The van der Waals surface area contributed by atoms with Gasteiger partial charge in [-0.2, -0.15) is 0 Å². The molecule has 0 amide bonds. The largest absolute Gasteiger partial charge is 0.541 e. The molecule has 0 N–H and O–H groups in total. The van der Waals surface area contributed by atoms with Crippen molar-refractivity contribution >= 4 is 8.32 Å². The van der Waals surface area contributed by atoms with E-state index in [0.717, 1.165) is 0 Å². The summed E-state index contributed by atoms with van der Waals surface area (Å²) in [6.07, 6.45) is 0. The van der Waals surface area contributed by atoms with Crippen LogP contribution >= 0.6 is 0 Å². The Balaban J connectivity index is 2.99.